The lowest BCUT2D eigenvalue weighted by atomic mass is 9.89. The normalized spacial score (nSPS) is 18.2. The van der Waals surface area contributed by atoms with Crippen molar-refractivity contribution >= 4 is 5.91 Å². The molecule has 6 nitrogen and oxygen atoms in total. The van der Waals surface area contributed by atoms with Crippen LogP contribution >= 0.6 is 0 Å². The molecule has 3 rings (SSSR count). The van der Waals surface area contributed by atoms with Crippen LogP contribution in [0.2, 0.25) is 0 Å². The second-order valence-electron chi connectivity index (χ2n) is 8.42. The molecule has 1 aliphatic rings. The fraction of sp³-hybridized carbons (Fsp3) is 0.600. The molecule has 1 atom stereocenters. The molecule has 1 aliphatic heterocycles. The zero-order valence-corrected chi connectivity index (χ0v) is 16.5. The maximum absolute atomic E-state index is 12.5. The number of amides is 1. The SMILES string of the molecule is Cc1n[nH]c(C)c1-c1cnc(C[C@@H]2CCCN(C(=O)C(C)(C)C)C2)cn1. The maximum Gasteiger partial charge on any atom is 0.227 e. The highest BCUT2D eigenvalue weighted by atomic mass is 16.2. The molecule has 1 N–H and O–H groups in total. The third kappa shape index (κ3) is 3.94. The molecule has 0 aliphatic carbocycles. The second kappa shape index (κ2) is 7.17. The van der Waals surface area contributed by atoms with Gasteiger partial charge in [-0.05, 0) is 39.0 Å². The highest BCUT2D eigenvalue weighted by molar-refractivity contribution is 5.81. The molecule has 0 unspecified atom stereocenters. The molecule has 0 saturated carbocycles. The van der Waals surface area contributed by atoms with E-state index >= 15 is 0 Å². The van der Waals surface area contributed by atoms with Gasteiger partial charge < -0.3 is 4.90 Å². The van der Waals surface area contributed by atoms with Crippen LogP contribution in [0.15, 0.2) is 12.4 Å². The molecular weight excluding hydrogens is 326 g/mol. The largest absolute Gasteiger partial charge is 0.342 e. The van der Waals surface area contributed by atoms with Gasteiger partial charge >= 0.3 is 0 Å². The minimum atomic E-state index is -0.316. The van der Waals surface area contributed by atoms with E-state index in [0.29, 0.717) is 5.92 Å². The Morgan fingerprint density at radius 2 is 2.04 bits per heavy atom. The minimum Gasteiger partial charge on any atom is -0.342 e. The molecule has 3 heterocycles. The molecule has 26 heavy (non-hydrogen) atoms. The number of hydrogen-bond acceptors (Lipinski definition) is 4. The number of H-pyrrole nitrogens is 1. The summed E-state index contributed by atoms with van der Waals surface area (Å²) in [5.41, 5.74) is 4.50. The number of hydrogen-bond donors (Lipinski definition) is 1. The molecule has 1 amide bonds. The number of aromatic amines is 1. The summed E-state index contributed by atoms with van der Waals surface area (Å²) < 4.78 is 0. The van der Waals surface area contributed by atoms with Crippen molar-refractivity contribution in [2.75, 3.05) is 13.1 Å². The first-order valence-corrected chi connectivity index (χ1v) is 9.38. The van der Waals surface area contributed by atoms with Crippen molar-refractivity contribution < 1.29 is 4.79 Å². The van der Waals surface area contributed by atoms with Crippen molar-refractivity contribution in [3.63, 3.8) is 0 Å². The van der Waals surface area contributed by atoms with Gasteiger partial charge in [0.2, 0.25) is 5.91 Å². The highest BCUT2D eigenvalue weighted by Crippen LogP contribution is 2.26. The first-order chi connectivity index (χ1) is 12.3. The van der Waals surface area contributed by atoms with Gasteiger partial charge in [-0.2, -0.15) is 5.10 Å². The van der Waals surface area contributed by atoms with Gasteiger partial charge in [-0.3, -0.25) is 19.9 Å². The van der Waals surface area contributed by atoms with E-state index in [1.807, 2.05) is 51.9 Å². The molecule has 1 fully saturated rings. The summed E-state index contributed by atoms with van der Waals surface area (Å²) in [6, 6.07) is 0. The topological polar surface area (TPSA) is 74.8 Å². The Morgan fingerprint density at radius 1 is 1.27 bits per heavy atom. The van der Waals surface area contributed by atoms with Crippen molar-refractivity contribution in [3.05, 3.63) is 29.5 Å². The molecule has 0 bridgehead atoms. The van der Waals surface area contributed by atoms with Gasteiger partial charge in [-0.1, -0.05) is 20.8 Å². The number of aryl methyl sites for hydroxylation is 2. The fourth-order valence-corrected chi connectivity index (χ4v) is 3.70. The molecule has 2 aromatic rings. The van der Waals surface area contributed by atoms with Crippen molar-refractivity contribution in [1.82, 2.24) is 25.1 Å². The number of nitrogens with zero attached hydrogens (tertiary/aromatic N) is 4. The number of carbonyl (C=O) groups excluding carboxylic acids is 1. The van der Waals surface area contributed by atoms with Gasteiger partial charge in [0.25, 0.3) is 0 Å². The average Bonchev–Trinajstić information content (AvgIpc) is 2.93. The van der Waals surface area contributed by atoms with Gasteiger partial charge in [0, 0.05) is 36.0 Å². The molecule has 0 aromatic carbocycles. The third-order valence-electron chi connectivity index (χ3n) is 5.04. The summed E-state index contributed by atoms with van der Waals surface area (Å²) in [4.78, 5) is 23.8. The van der Waals surface area contributed by atoms with E-state index in [1.54, 1.807) is 0 Å². The van der Waals surface area contributed by atoms with Crippen LogP contribution < -0.4 is 0 Å². The summed E-state index contributed by atoms with van der Waals surface area (Å²) in [6.07, 6.45) is 6.76. The Labute approximate surface area is 155 Å². The summed E-state index contributed by atoms with van der Waals surface area (Å²) in [6.45, 7) is 11.6. The molecule has 140 valence electrons. The number of carbonyl (C=O) groups is 1. The van der Waals surface area contributed by atoms with Crippen LogP contribution in [0.25, 0.3) is 11.3 Å². The Bertz CT molecular complexity index is 753. The highest BCUT2D eigenvalue weighted by Gasteiger charge is 2.31. The Kier molecular flexibility index (Phi) is 5.12. The number of nitrogens with one attached hydrogen (secondary N) is 1. The van der Waals surface area contributed by atoms with Crippen LogP contribution in [0.5, 0.6) is 0 Å². The molecular formula is C20H29N5O. The molecule has 0 spiro atoms. The zero-order chi connectivity index (χ0) is 18.9. The zero-order valence-electron chi connectivity index (χ0n) is 16.5. The van der Waals surface area contributed by atoms with E-state index in [9.17, 15) is 4.79 Å². The first-order valence-electron chi connectivity index (χ1n) is 9.38. The molecule has 0 radical (unpaired) electrons. The number of aromatic nitrogens is 4. The summed E-state index contributed by atoms with van der Waals surface area (Å²) in [5, 5.41) is 7.21. The second-order valence-corrected chi connectivity index (χ2v) is 8.42. The number of rotatable bonds is 3. The summed E-state index contributed by atoms with van der Waals surface area (Å²) >= 11 is 0. The van der Waals surface area contributed by atoms with Crippen LogP contribution in [-0.2, 0) is 11.2 Å². The Balaban J connectivity index is 1.67. The smallest absolute Gasteiger partial charge is 0.227 e. The van der Waals surface area contributed by atoms with Crippen LogP contribution in [0.3, 0.4) is 0 Å². The molecule has 6 heteroatoms. The Hall–Kier alpha value is -2.24. The van der Waals surface area contributed by atoms with Crippen molar-refractivity contribution in [2.24, 2.45) is 11.3 Å². The quantitative estimate of drug-likeness (QED) is 0.916. The van der Waals surface area contributed by atoms with Gasteiger partial charge in [0.15, 0.2) is 0 Å². The van der Waals surface area contributed by atoms with Crippen LogP contribution in [0.1, 0.15) is 50.7 Å². The number of piperidine rings is 1. The molecule has 1 saturated heterocycles. The average molecular weight is 355 g/mol. The van der Waals surface area contributed by atoms with Crippen LogP contribution in [0, 0.1) is 25.2 Å². The standard InChI is InChI=1S/C20H29N5O/c1-13-18(14(2)24-23-13)17-11-21-16(10-22-17)9-15-7-6-8-25(12-15)19(26)20(3,4)5/h10-11,15H,6-9,12H2,1-5H3,(H,23,24)/t15-/m0/s1. The van der Waals surface area contributed by atoms with Crippen molar-refractivity contribution in [2.45, 2.75) is 53.9 Å². The van der Waals surface area contributed by atoms with Crippen molar-refractivity contribution in [3.8, 4) is 11.3 Å². The first kappa shape index (κ1) is 18.5. The summed E-state index contributed by atoms with van der Waals surface area (Å²) in [7, 11) is 0. The lowest BCUT2D eigenvalue weighted by Crippen LogP contribution is -2.45. The monoisotopic (exact) mass is 355 g/mol. The predicted molar refractivity (Wildman–Crippen MR) is 102 cm³/mol. The fourth-order valence-electron chi connectivity index (χ4n) is 3.70. The van der Waals surface area contributed by atoms with E-state index in [1.165, 1.54) is 0 Å². The predicted octanol–water partition coefficient (Wildman–Crippen LogP) is 3.31. The van der Waals surface area contributed by atoms with Gasteiger partial charge in [-0.15, -0.1) is 0 Å². The van der Waals surface area contributed by atoms with Crippen LogP contribution in [0.4, 0.5) is 0 Å². The number of likely N-dealkylation sites (tertiary alicyclic amines) is 1. The Morgan fingerprint density at radius 3 is 2.62 bits per heavy atom. The summed E-state index contributed by atoms with van der Waals surface area (Å²) in [5.74, 6) is 0.696. The maximum atomic E-state index is 12.5. The lowest BCUT2D eigenvalue weighted by Gasteiger charge is -2.36. The van der Waals surface area contributed by atoms with Gasteiger partial charge in [0.1, 0.15) is 0 Å². The minimum absolute atomic E-state index is 0.245. The lowest BCUT2D eigenvalue weighted by molar-refractivity contribution is -0.141. The van der Waals surface area contributed by atoms with Gasteiger partial charge in [0.05, 0.1) is 23.3 Å². The van der Waals surface area contributed by atoms with E-state index in [0.717, 1.165) is 60.7 Å². The van der Waals surface area contributed by atoms with Crippen LogP contribution in [-0.4, -0.2) is 44.1 Å². The molecule has 2 aromatic heterocycles. The third-order valence-corrected chi connectivity index (χ3v) is 5.04. The van der Waals surface area contributed by atoms with Gasteiger partial charge in [-0.25, -0.2) is 0 Å². The van der Waals surface area contributed by atoms with E-state index in [4.69, 9.17) is 0 Å². The van der Waals surface area contributed by atoms with E-state index < -0.39 is 0 Å². The van der Waals surface area contributed by atoms with E-state index in [-0.39, 0.29) is 11.3 Å². The van der Waals surface area contributed by atoms with E-state index in [2.05, 4.69) is 20.2 Å². The van der Waals surface area contributed by atoms with Crippen molar-refractivity contribution in [1.29, 1.82) is 0 Å².